The average Bonchev–Trinajstić information content (AvgIpc) is 2.29. The van der Waals surface area contributed by atoms with E-state index in [0.29, 0.717) is 4.77 Å². The van der Waals surface area contributed by atoms with Crippen LogP contribution in [0.5, 0.6) is 0 Å². The van der Waals surface area contributed by atoms with Gasteiger partial charge in [-0.2, -0.15) is 4.98 Å². The molecule has 0 aliphatic carbocycles. The summed E-state index contributed by atoms with van der Waals surface area (Å²) in [5.41, 5.74) is 2.30. The van der Waals surface area contributed by atoms with Crippen LogP contribution in [0.25, 0.3) is 10.6 Å². The van der Waals surface area contributed by atoms with Crippen LogP contribution in [-0.4, -0.2) is 17.0 Å². The minimum atomic E-state index is 0.374. The molecule has 0 saturated carbocycles. The van der Waals surface area contributed by atoms with E-state index in [2.05, 4.69) is 34.3 Å². The molecule has 0 atom stereocenters. The van der Waals surface area contributed by atoms with Gasteiger partial charge in [-0.3, -0.25) is 0 Å². The first-order valence-corrected chi connectivity index (χ1v) is 6.05. The molecule has 1 N–H and O–H groups in total. The van der Waals surface area contributed by atoms with Crippen LogP contribution in [0.4, 0.5) is 5.13 Å². The van der Waals surface area contributed by atoms with Crippen LogP contribution in [0.15, 0.2) is 24.3 Å². The fraction of sp³-hybridized carbons (Fsp3) is 0.182. The number of anilines is 1. The number of hydrogen-bond donors (Lipinski definition) is 1. The van der Waals surface area contributed by atoms with Crippen LogP contribution in [0, 0.1) is 11.7 Å². The van der Waals surface area contributed by atoms with Crippen LogP contribution in [0.1, 0.15) is 5.56 Å². The highest BCUT2D eigenvalue weighted by Crippen LogP contribution is 2.25. The second-order valence-corrected chi connectivity index (χ2v) is 4.68. The van der Waals surface area contributed by atoms with Gasteiger partial charge < -0.3 is 5.32 Å². The number of rotatable bonds is 2. The van der Waals surface area contributed by atoms with Crippen molar-refractivity contribution in [1.82, 2.24) is 9.97 Å². The molecule has 1 heterocycles. The number of benzene rings is 1. The van der Waals surface area contributed by atoms with Crippen molar-refractivity contribution >= 4 is 28.7 Å². The minimum Gasteiger partial charge on any atom is -0.364 e. The minimum absolute atomic E-state index is 0.374. The lowest BCUT2D eigenvalue weighted by molar-refractivity contribution is 1.18. The van der Waals surface area contributed by atoms with Crippen molar-refractivity contribution in [2.45, 2.75) is 6.92 Å². The second-order valence-electron chi connectivity index (χ2n) is 3.33. The molecule has 0 aliphatic rings. The van der Waals surface area contributed by atoms with E-state index in [1.54, 1.807) is 0 Å². The number of aryl methyl sites for hydroxylation is 1. The Kier molecular flexibility index (Phi) is 3.26. The standard InChI is InChI=1S/C11H11N3S2/c1-7-3-5-8(6-4-7)9-13-10(15)14-11(12-2)16-9/h3-6H,1-2H3,(H,12,14,15). The monoisotopic (exact) mass is 249 g/mol. The molecule has 0 bridgehead atoms. The van der Waals surface area contributed by atoms with Gasteiger partial charge in [-0.05, 0) is 19.1 Å². The zero-order valence-corrected chi connectivity index (χ0v) is 10.7. The van der Waals surface area contributed by atoms with Gasteiger partial charge in [0.15, 0.2) is 5.13 Å². The number of aromatic nitrogens is 2. The van der Waals surface area contributed by atoms with Crippen LogP contribution in [0.2, 0.25) is 0 Å². The Balaban J connectivity index is 2.51. The van der Waals surface area contributed by atoms with Crippen molar-refractivity contribution in [1.29, 1.82) is 0 Å². The summed E-state index contributed by atoms with van der Waals surface area (Å²) in [7, 11) is 1.83. The predicted octanol–water partition coefficient (Wildman–Crippen LogP) is 3.28. The number of nitrogens with one attached hydrogen (secondary N) is 1. The third-order valence-corrected chi connectivity index (χ3v) is 3.29. The Morgan fingerprint density at radius 2 is 1.88 bits per heavy atom. The van der Waals surface area contributed by atoms with E-state index in [4.69, 9.17) is 12.2 Å². The molecule has 0 spiro atoms. The summed E-state index contributed by atoms with van der Waals surface area (Å²) < 4.78 is 0.374. The van der Waals surface area contributed by atoms with Crippen molar-refractivity contribution in [2.75, 3.05) is 12.4 Å². The van der Waals surface area contributed by atoms with Crippen LogP contribution in [0.3, 0.4) is 0 Å². The van der Waals surface area contributed by atoms with E-state index in [9.17, 15) is 0 Å². The predicted molar refractivity (Wildman–Crippen MR) is 70.5 cm³/mol. The summed E-state index contributed by atoms with van der Waals surface area (Å²) in [5.74, 6) is 0. The summed E-state index contributed by atoms with van der Waals surface area (Å²) in [6, 6.07) is 8.21. The van der Waals surface area contributed by atoms with Gasteiger partial charge >= 0.3 is 0 Å². The highest BCUT2D eigenvalue weighted by Gasteiger charge is 2.03. The SMILES string of the molecule is CNc1nc(=S)nc(-c2ccc(C)cc2)s1. The molecule has 0 amide bonds. The summed E-state index contributed by atoms with van der Waals surface area (Å²) in [6.07, 6.45) is 0. The van der Waals surface area contributed by atoms with Gasteiger partial charge in [-0.25, -0.2) is 4.98 Å². The quantitative estimate of drug-likeness (QED) is 0.829. The van der Waals surface area contributed by atoms with E-state index >= 15 is 0 Å². The third kappa shape index (κ3) is 2.43. The maximum atomic E-state index is 5.02. The average molecular weight is 249 g/mol. The first-order chi connectivity index (χ1) is 7.69. The van der Waals surface area contributed by atoms with Crippen LogP contribution in [-0.2, 0) is 0 Å². The summed E-state index contributed by atoms with van der Waals surface area (Å²) in [4.78, 5) is 8.37. The molecule has 5 heteroatoms. The van der Waals surface area contributed by atoms with Gasteiger partial charge in [-0.1, -0.05) is 41.2 Å². The topological polar surface area (TPSA) is 37.8 Å². The van der Waals surface area contributed by atoms with Gasteiger partial charge in [0, 0.05) is 12.6 Å². The summed E-state index contributed by atoms with van der Waals surface area (Å²) in [6.45, 7) is 2.06. The first kappa shape index (κ1) is 11.2. The lowest BCUT2D eigenvalue weighted by Gasteiger charge is -2.02. The van der Waals surface area contributed by atoms with E-state index in [0.717, 1.165) is 15.7 Å². The molecule has 0 saturated heterocycles. The normalized spacial score (nSPS) is 10.1. The van der Waals surface area contributed by atoms with Crippen LogP contribution >= 0.6 is 23.6 Å². The van der Waals surface area contributed by atoms with Crippen molar-refractivity contribution in [2.24, 2.45) is 0 Å². The van der Waals surface area contributed by atoms with E-state index < -0.39 is 0 Å². The molecule has 0 fully saturated rings. The second kappa shape index (κ2) is 4.67. The molecule has 1 aromatic heterocycles. The van der Waals surface area contributed by atoms with Crippen molar-refractivity contribution in [3.8, 4) is 10.6 Å². The van der Waals surface area contributed by atoms with Gasteiger partial charge in [0.25, 0.3) is 0 Å². The first-order valence-electron chi connectivity index (χ1n) is 4.83. The molecule has 0 unspecified atom stereocenters. The van der Waals surface area contributed by atoms with E-state index in [1.807, 2.05) is 19.2 Å². The molecule has 16 heavy (non-hydrogen) atoms. The zero-order valence-electron chi connectivity index (χ0n) is 9.02. The molecule has 0 aliphatic heterocycles. The lowest BCUT2D eigenvalue weighted by Crippen LogP contribution is -1.92. The van der Waals surface area contributed by atoms with Gasteiger partial charge in [0.2, 0.25) is 4.77 Å². The highest BCUT2D eigenvalue weighted by molar-refractivity contribution is 7.71. The summed E-state index contributed by atoms with van der Waals surface area (Å²) >= 11 is 6.52. The smallest absolute Gasteiger partial charge is 0.223 e. The maximum absolute atomic E-state index is 5.02. The fourth-order valence-corrected chi connectivity index (χ4v) is 2.36. The Bertz CT molecular complexity index is 546. The van der Waals surface area contributed by atoms with E-state index in [1.165, 1.54) is 16.9 Å². The molecular formula is C11H11N3S2. The Morgan fingerprint density at radius 3 is 2.50 bits per heavy atom. The Labute approximate surface area is 103 Å². The maximum Gasteiger partial charge on any atom is 0.223 e. The lowest BCUT2D eigenvalue weighted by atomic mass is 10.2. The van der Waals surface area contributed by atoms with Gasteiger partial charge in [0.05, 0.1) is 0 Å². The molecule has 0 radical (unpaired) electrons. The van der Waals surface area contributed by atoms with Crippen LogP contribution < -0.4 is 5.32 Å². The molecular weight excluding hydrogens is 238 g/mol. The third-order valence-electron chi connectivity index (χ3n) is 2.10. The molecule has 2 aromatic rings. The Morgan fingerprint density at radius 1 is 1.19 bits per heavy atom. The number of hydrogen-bond acceptors (Lipinski definition) is 5. The van der Waals surface area contributed by atoms with E-state index in [-0.39, 0.29) is 0 Å². The van der Waals surface area contributed by atoms with Crippen molar-refractivity contribution < 1.29 is 0 Å². The highest BCUT2D eigenvalue weighted by atomic mass is 32.1. The molecule has 82 valence electrons. The zero-order chi connectivity index (χ0) is 11.5. The Hall–Kier alpha value is -1.33. The van der Waals surface area contributed by atoms with Gasteiger partial charge in [-0.15, -0.1) is 0 Å². The largest absolute Gasteiger partial charge is 0.364 e. The van der Waals surface area contributed by atoms with Crippen molar-refractivity contribution in [3.63, 3.8) is 0 Å². The number of nitrogens with zero attached hydrogens (tertiary/aromatic N) is 2. The molecule has 3 nitrogen and oxygen atoms in total. The van der Waals surface area contributed by atoms with Gasteiger partial charge in [0.1, 0.15) is 5.01 Å². The summed E-state index contributed by atoms with van der Waals surface area (Å²) in [5, 5.41) is 4.67. The molecule has 2 rings (SSSR count). The fourth-order valence-electron chi connectivity index (χ4n) is 1.26. The van der Waals surface area contributed by atoms with Crippen molar-refractivity contribution in [3.05, 3.63) is 34.6 Å². The molecule has 1 aromatic carbocycles.